The summed E-state index contributed by atoms with van der Waals surface area (Å²) in [4.78, 5) is 11.2. The fraction of sp³-hybridized carbons (Fsp3) is 0.286. The molecule has 0 N–H and O–H groups in total. The minimum Gasteiger partial charge on any atom is -0.465 e. The predicted octanol–water partition coefficient (Wildman–Crippen LogP) is 3.19. The van der Waals surface area contributed by atoms with Crippen LogP contribution in [-0.4, -0.2) is 13.1 Å². The van der Waals surface area contributed by atoms with Crippen LogP contribution in [0, 0.1) is 0 Å². The van der Waals surface area contributed by atoms with E-state index in [1.54, 1.807) is 0 Å². The molecule has 1 heterocycles. The molecule has 5 heteroatoms. The molecule has 0 fully saturated rings. The van der Waals surface area contributed by atoms with Gasteiger partial charge >= 0.3 is 5.97 Å². The Morgan fingerprint density at radius 1 is 1.75 bits per heavy atom. The van der Waals surface area contributed by atoms with E-state index in [0.717, 1.165) is 9.35 Å². The predicted molar refractivity (Wildman–Crippen MR) is 56.0 cm³/mol. The maximum absolute atomic E-state index is 11.2. The lowest BCUT2D eigenvalue weighted by Crippen LogP contribution is -2.02. The lowest BCUT2D eigenvalue weighted by Gasteiger charge is -1.98. The first-order valence-electron chi connectivity index (χ1n) is 3.10. The van der Waals surface area contributed by atoms with Crippen LogP contribution in [0.4, 0.5) is 0 Å². The van der Waals surface area contributed by atoms with E-state index in [2.05, 4.69) is 36.6 Å². The number of carbonyl (C=O) groups excluding carboxylic acids is 1. The topological polar surface area (TPSA) is 26.3 Å². The zero-order chi connectivity index (χ0) is 9.14. The summed E-state index contributed by atoms with van der Waals surface area (Å²) in [5, 5.41) is 2.59. The van der Waals surface area contributed by atoms with Gasteiger partial charge in [0.25, 0.3) is 0 Å². The largest absolute Gasteiger partial charge is 0.465 e. The summed E-state index contributed by atoms with van der Waals surface area (Å²) in [6.45, 7) is 0. The molecular formula is C7H6Br2O2S. The SMILES string of the molecule is COC(=O)c1c(CBr)csc1Br. The number of hydrogen-bond acceptors (Lipinski definition) is 3. The zero-order valence-electron chi connectivity index (χ0n) is 6.27. The van der Waals surface area contributed by atoms with Gasteiger partial charge in [0.05, 0.1) is 16.5 Å². The molecule has 66 valence electrons. The van der Waals surface area contributed by atoms with E-state index in [4.69, 9.17) is 0 Å². The quantitative estimate of drug-likeness (QED) is 0.619. The minimum atomic E-state index is -0.294. The Morgan fingerprint density at radius 2 is 2.42 bits per heavy atom. The summed E-state index contributed by atoms with van der Waals surface area (Å²) in [6.07, 6.45) is 0. The van der Waals surface area contributed by atoms with Crippen LogP contribution in [0.2, 0.25) is 0 Å². The number of esters is 1. The van der Waals surface area contributed by atoms with Crippen molar-refractivity contribution in [1.29, 1.82) is 0 Å². The molecule has 0 saturated carbocycles. The number of carbonyl (C=O) groups is 1. The fourth-order valence-electron chi connectivity index (χ4n) is 0.779. The van der Waals surface area contributed by atoms with Crippen LogP contribution < -0.4 is 0 Å². The molecule has 1 rings (SSSR count). The van der Waals surface area contributed by atoms with Gasteiger partial charge in [0, 0.05) is 5.33 Å². The second-order valence-corrected chi connectivity index (χ2v) is 4.79. The maximum atomic E-state index is 11.2. The molecule has 0 amide bonds. The molecule has 0 aromatic carbocycles. The van der Waals surface area contributed by atoms with E-state index >= 15 is 0 Å². The summed E-state index contributed by atoms with van der Waals surface area (Å²) < 4.78 is 5.46. The van der Waals surface area contributed by atoms with Crippen molar-refractivity contribution in [2.24, 2.45) is 0 Å². The normalized spacial score (nSPS) is 9.92. The summed E-state index contributed by atoms with van der Waals surface area (Å²) in [7, 11) is 1.38. The molecule has 0 unspecified atom stereocenters. The molecule has 0 spiro atoms. The number of methoxy groups -OCH3 is 1. The Bertz CT molecular complexity index is 296. The average molecular weight is 314 g/mol. The third-order valence-corrected chi connectivity index (χ3v) is 3.73. The van der Waals surface area contributed by atoms with Crippen molar-refractivity contribution in [3.8, 4) is 0 Å². The van der Waals surface area contributed by atoms with Gasteiger partial charge in [-0.3, -0.25) is 0 Å². The fourth-order valence-corrected chi connectivity index (χ4v) is 2.91. The molecule has 0 aliphatic carbocycles. The third-order valence-electron chi connectivity index (χ3n) is 1.36. The highest BCUT2D eigenvalue weighted by atomic mass is 79.9. The van der Waals surface area contributed by atoms with Crippen LogP contribution in [0.15, 0.2) is 9.17 Å². The summed E-state index contributed by atoms with van der Waals surface area (Å²) in [6, 6.07) is 0. The molecule has 0 saturated heterocycles. The Morgan fingerprint density at radius 3 is 2.92 bits per heavy atom. The summed E-state index contributed by atoms with van der Waals surface area (Å²) in [5.74, 6) is -0.294. The highest BCUT2D eigenvalue weighted by Gasteiger charge is 2.16. The van der Waals surface area contributed by atoms with Crippen LogP contribution in [0.25, 0.3) is 0 Å². The molecule has 1 aromatic heterocycles. The highest BCUT2D eigenvalue weighted by Crippen LogP contribution is 2.30. The van der Waals surface area contributed by atoms with Gasteiger partial charge in [-0.1, -0.05) is 15.9 Å². The van der Waals surface area contributed by atoms with Crippen molar-refractivity contribution >= 4 is 49.2 Å². The molecule has 2 nitrogen and oxygen atoms in total. The van der Waals surface area contributed by atoms with E-state index in [0.29, 0.717) is 10.9 Å². The second kappa shape index (κ2) is 4.39. The number of alkyl halides is 1. The first kappa shape index (κ1) is 10.2. The minimum absolute atomic E-state index is 0.294. The molecule has 0 atom stereocenters. The van der Waals surface area contributed by atoms with Crippen LogP contribution in [0.1, 0.15) is 15.9 Å². The van der Waals surface area contributed by atoms with Gasteiger partial charge in [-0.25, -0.2) is 4.79 Å². The van der Waals surface area contributed by atoms with Crippen molar-refractivity contribution in [1.82, 2.24) is 0 Å². The summed E-state index contributed by atoms with van der Waals surface area (Å²) in [5.41, 5.74) is 1.58. The summed E-state index contributed by atoms with van der Waals surface area (Å²) >= 11 is 8.08. The van der Waals surface area contributed by atoms with Crippen molar-refractivity contribution < 1.29 is 9.53 Å². The van der Waals surface area contributed by atoms with Crippen molar-refractivity contribution in [2.75, 3.05) is 7.11 Å². The van der Waals surface area contributed by atoms with Gasteiger partial charge in [0.1, 0.15) is 0 Å². The van der Waals surface area contributed by atoms with E-state index in [1.165, 1.54) is 18.4 Å². The Labute approximate surface area is 91.2 Å². The smallest absolute Gasteiger partial charge is 0.340 e. The van der Waals surface area contributed by atoms with E-state index in [9.17, 15) is 4.79 Å². The molecule has 12 heavy (non-hydrogen) atoms. The van der Waals surface area contributed by atoms with E-state index in [-0.39, 0.29) is 5.97 Å². The average Bonchev–Trinajstić information content (AvgIpc) is 2.45. The first-order valence-corrected chi connectivity index (χ1v) is 5.90. The first-order chi connectivity index (χ1) is 5.70. The van der Waals surface area contributed by atoms with Gasteiger partial charge in [-0.2, -0.15) is 0 Å². The van der Waals surface area contributed by atoms with E-state index < -0.39 is 0 Å². The monoisotopic (exact) mass is 312 g/mol. The molecule has 0 aliphatic heterocycles. The number of rotatable bonds is 2. The maximum Gasteiger partial charge on any atom is 0.340 e. The third kappa shape index (κ3) is 1.89. The number of halogens is 2. The standard InChI is InChI=1S/C7H6Br2O2S/c1-11-7(10)5-4(2-8)3-12-6(5)9/h3H,2H2,1H3. The Hall–Kier alpha value is 0.130. The lowest BCUT2D eigenvalue weighted by molar-refractivity contribution is 0.0599. The van der Waals surface area contributed by atoms with Crippen LogP contribution in [0.3, 0.4) is 0 Å². The zero-order valence-corrected chi connectivity index (χ0v) is 10.3. The van der Waals surface area contributed by atoms with E-state index in [1.807, 2.05) is 5.38 Å². The van der Waals surface area contributed by atoms with Crippen molar-refractivity contribution in [3.05, 3.63) is 20.3 Å². The van der Waals surface area contributed by atoms with Gasteiger partial charge in [0.15, 0.2) is 0 Å². The van der Waals surface area contributed by atoms with Crippen molar-refractivity contribution in [3.63, 3.8) is 0 Å². The van der Waals surface area contributed by atoms with Gasteiger partial charge in [-0.05, 0) is 26.9 Å². The van der Waals surface area contributed by atoms with Gasteiger partial charge in [0.2, 0.25) is 0 Å². The lowest BCUT2D eigenvalue weighted by atomic mass is 10.2. The number of ether oxygens (including phenoxy) is 1. The molecular weight excluding hydrogens is 308 g/mol. The molecule has 1 aromatic rings. The molecule has 0 radical (unpaired) electrons. The van der Waals surface area contributed by atoms with Crippen LogP contribution >= 0.6 is 43.2 Å². The number of thiophene rings is 1. The van der Waals surface area contributed by atoms with Crippen molar-refractivity contribution in [2.45, 2.75) is 5.33 Å². The number of hydrogen-bond donors (Lipinski definition) is 0. The molecule has 0 aliphatic rings. The highest BCUT2D eigenvalue weighted by molar-refractivity contribution is 9.11. The van der Waals surface area contributed by atoms with Crippen LogP contribution in [-0.2, 0) is 10.1 Å². The second-order valence-electron chi connectivity index (χ2n) is 2.03. The Balaban J connectivity index is 3.10. The van der Waals surface area contributed by atoms with Gasteiger partial charge < -0.3 is 4.74 Å². The molecule has 0 bridgehead atoms. The van der Waals surface area contributed by atoms with Crippen LogP contribution in [0.5, 0.6) is 0 Å². The van der Waals surface area contributed by atoms with Gasteiger partial charge in [-0.15, -0.1) is 11.3 Å². The Kier molecular flexibility index (Phi) is 3.74.